The fourth-order valence-corrected chi connectivity index (χ4v) is 2.69. The molecule has 1 heterocycles. The molecule has 2 nitrogen and oxygen atoms in total. The highest BCUT2D eigenvalue weighted by molar-refractivity contribution is 7.11. The zero-order valence-electron chi connectivity index (χ0n) is 9.47. The summed E-state index contributed by atoms with van der Waals surface area (Å²) in [6.45, 7) is 4.11. The smallest absolute Gasteiger partial charge is 0.131 e. The number of thiazole rings is 1. The number of hydrogen-bond donors (Lipinski definition) is 1. The van der Waals surface area contributed by atoms with E-state index in [1.54, 1.807) is 11.3 Å². The van der Waals surface area contributed by atoms with Gasteiger partial charge >= 0.3 is 0 Å². The lowest BCUT2D eigenvalue weighted by Gasteiger charge is -2.06. The number of aromatic nitrogens is 1. The molecule has 0 aliphatic carbocycles. The second-order valence-electron chi connectivity index (χ2n) is 3.73. The lowest BCUT2D eigenvalue weighted by Crippen LogP contribution is -1.98. The minimum absolute atomic E-state index is 0.592. The summed E-state index contributed by atoms with van der Waals surface area (Å²) in [7, 11) is 0. The lowest BCUT2D eigenvalue weighted by molar-refractivity contribution is 0.219. The third-order valence-electron chi connectivity index (χ3n) is 2.58. The second kappa shape index (κ2) is 4.76. The number of benzene rings is 1. The number of rotatable bonds is 3. The standard InChI is InChI=1S/C13H15NOS/c1-3-11-9(2)14-13(16-11)12(15)10-7-5-4-6-8-10/h4-8,12,15H,3H2,1-2H3. The van der Waals surface area contributed by atoms with Crippen LogP contribution in [0.3, 0.4) is 0 Å². The normalized spacial score (nSPS) is 12.7. The van der Waals surface area contributed by atoms with Gasteiger partial charge in [-0.3, -0.25) is 0 Å². The highest BCUT2D eigenvalue weighted by atomic mass is 32.1. The molecule has 0 fully saturated rings. The molecule has 0 bridgehead atoms. The molecule has 1 atom stereocenters. The molecule has 0 amide bonds. The molecule has 0 saturated carbocycles. The van der Waals surface area contributed by atoms with E-state index < -0.39 is 6.10 Å². The predicted octanol–water partition coefficient (Wildman–Crippen LogP) is 3.10. The van der Waals surface area contributed by atoms with Crippen LogP contribution in [0.2, 0.25) is 0 Å². The summed E-state index contributed by atoms with van der Waals surface area (Å²) in [6.07, 6.45) is 0.385. The highest BCUT2D eigenvalue weighted by Gasteiger charge is 2.15. The van der Waals surface area contributed by atoms with E-state index in [9.17, 15) is 5.11 Å². The van der Waals surface area contributed by atoms with Gasteiger partial charge in [0.25, 0.3) is 0 Å². The number of aliphatic hydroxyl groups excluding tert-OH is 1. The Hall–Kier alpha value is -1.19. The summed E-state index contributed by atoms with van der Waals surface area (Å²) in [5.41, 5.74) is 1.94. The van der Waals surface area contributed by atoms with Crippen molar-refractivity contribution in [3.63, 3.8) is 0 Å². The van der Waals surface area contributed by atoms with Crippen molar-refractivity contribution >= 4 is 11.3 Å². The zero-order chi connectivity index (χ0) is 11.5. The average molecular weight is 233 g/mol. The second-order valence-corrected chi connectivity index (χ2v) is 4.84. The van der Waals surface area contributed by atoms with E-state index in [4.69, 9.17) is 0 Å². The molecule has 1 aromatic carbocycles. The third kappa shape index (κ3) is 2.15. The summed E-state index contributed by atoms with van der Waals surface area (Å²) in [5, 5.41) is 11.0. The van der Waals surface area contributed by atoms with Gasteiger partial charge in [-0.2, -0.15) is 0 Å². The first kappa shape index (κ1) is 11.3. The molecule has 2 rings (SSSR count). The van der Waals surface area contributed by atoms with Crippen LogP contribution in [0.15, 0.2) is 30.3 Å². The monoisotopic (exact) mass is 233 g/mol. The Bertz CT molecular complexity index is 464. The van der Waals surface area contributed by atoms with Gasteiger partial charge < -0.3 is 5.11 Å². The van der Waals surface area contributed by atoms with Gasteiger partial charge in [0.1, 0.15) is 11.1 Å². The maximum atomic E-state index is 10.2. The van der Waals surface area contributed by atoms with Crippen LogP contribution in [-0.2, 0) is 6.42 Å². The minimum Gasteiger partial charge on any atom is -0.381 e. The minimum atomic E-state index is -0.592. The van der Waals surface area contributed by atoms with Crippen molar-refractivity contribution in [2.45, 2.75) is 26.4 Å². The third-order valence-corrected chi connectivity index (χ3v) is 3.93. The molecule has 3 heteroatoms. The van der Waals surface area contributed by atoms with E-state index in [1.807, 2.05) is 37.3 Å². The molecule has 1 aromatic heterocycles. The van der Waals surface area contributed by atoms with Gasteiger partial charge in [0, 0.05) is 4.88 Å². The van der Waals surface area contributed by atoms with Crippen molar-refractivity contribution < 1.29 is 5.11 Å². The molecule has 0 aliphatic rings. The largest absolute Gasteiger partial charge is 0.381 e. The van der Waals surface area contributed by atoms with E-state index in [0.29, 0.717) is 0 Å². The Morgan fingerprint density at radius 3 is 2.56 bits per heavy atom. The average Bonchev–Trinajstić information content (AvgIpc) is 2.71. The van der Waals surface area contributed by atoms with Gasteiger partial charge in [0.05, 0.1) is 5.69 Å². The van der Waals surface area contributed by atoms with Crippen molar-refractivity contribution in [2.75, 3.05) is 0 Å². The quantitative estimate of drug-likeness (QED) is 0.883. The molecule has 16 heavy (non-hydrogen) atoms. The van der Waals surface area contributed by atoms with Gasteiger partial charge in [0.2, 0.25) is 0 Å². The van der Waals surface area contributed by atoms with E-state index >= 15 is 0 Å². The van der Waals surface area contributed by atoms with Crippen LogP contribution in [0.4, 0.5) is 0 Å². The van der Waals surface area contributed by atoms with Gasteiger partial charge in [0.15, 0.2) is 0 Å². The van der Waals surface area contributed by atoms with E-state index in [1.165, 1.54) is 4.88 Å². The summed E-state index contributed by atoms with van der Waals surface area (Å²) >= 11 is 1.60. The van der Waals surface area contributed by atoms with Crippen molar-refractivity contribution in [1.29, 1.82) is 0 Å². The molecule has 84 valence electrons. The maximum Gasteiger partial charge on any atom is 0.131 e. The number of aryl methyl sites for hydroxylation is 2. The van der Waals surface area contributed by atoms with E-state index in [2.05, 4.69) is 11.9 Å². The Morgan fingerprint density at radius 1 is 1.31 bits per heavy atom. The van der Waals surface area contributed by atoms with E-state index in [-0.39, 0.29) is 0 Å². The summed E-state index contributed by atoms with van der Waals surface area (Å²) in [5.74, 6) is 0. The Balaban J connectivity index is 2.31. The van der Waals surface area contributed by atoms with E-state index in [0.717, 1.165) is 22.7 Å². The summed E-state index contributed by atoms with van der Waals surface area (Å²) in [6, 6.07) is 9.65. The number of hydrogen-bond acceptors (Lipinski definition) is 3. The number of nitrogens with zero attached hydrogens (tertiary/aromatic N) is 1. The molecule has 2 aromatic rings. The van der Waals surface area contributed by atoms with Gasteiger partial charge in [-0.05, 0) is 18.9 Å². The molecule has 0 spiro atoms. The topological polar surface area (TPSA) is 33.1 Å². The molecular formula is C13H15NOS. The van der Waals surface area contributed by atoms with Crippen LogP contribution in [-0.4, -0.2) is 10.1 Å². The summed E-state index contributed by atoms with van der Waals surface area (Å²) in [4.78, 5) is 5.68. The van der Waals surface area contributed by atoms with Gasteiger partial charge in [-0.1, -0.05) is 37.3 Å². The molecule has 0 radical (unpaired) electrons. The van der Waals surface area contributed by atoms with Crippen LogP contribution in [0.5, 0.6) is 0 Å². The molecular weight excluding hydrogens is 218 g/mol. The Labute approximate surface area is 99.6 Å². The zero-order valence-corrected chi connectivity index (χ0v) is 10.3. The van der Waals surface area contributed by atoms with Crippen molar-refractivity contribution in [2.24, 2.45) is 0 Å². The van der Waals surface area contributed by atoms with Crippen molar-refractivity contribution in [3.05, 3.63) is 51.5 Å². The van der Waals surface area contributed by atoms with Gasteiger partial charge in [-0.25, -0.2) is 4.98 Å². The molecule has 1 unspecified atom stereocenters. The Morgan fingerprint density at radius 2 is 2.00 bits per heavy atom. The lowest BCUT2D eigenvalue weighted by atomic mass is 10.1. The van der Waals surface area contributed by atoms with Gasteiger partial charge in [-0.15, -0.1) is 11.3 Å². The SMILES string of the molecule is CCc1sc(C(O)c2ccccc2)nc1C. The van der Waals surface area contributed by atoms with Crippen LogP contribution in [0, 0.1) is 6.92 Å². The first-order chi connectivity index (χ1) is 7.72. The number of aliphatic hydroxyl groups is 1. The van der Waals surface area contributed by atoms with Crippen molar-refractivity contribution in [1.82, 2.24) is 4.98 Å². The van der Waals surface area contributed by atoms with Crippen LogP contribution < -0.4 is 0 Å². The fourth-order valence-electron chi connectivity index (χ4n) is 1.67. The maximum absolute atomic E-state index is 10.2. The first-order valence-electron chi connectivity index (χ1n) is 5.41. The summed E-state index contributed by atoms with van der Waals surface area (Å²) < 4.78 is 0. The molecule has 0 saturated heterocycles. The highest BCUT2D eigenvalue weighted by Crippen LogP contribution is 2.28. The molecule has 0 aliphatic heterocycles. The molecule has 1 N–H and O–H groups in total. The first-order valence-corrected chi connectivity index (χ1v) is 6.23. The predicted molar refractivity (Wildman–Crippen MR) is 66.7 cm³/mol. The van der Waals surface area contributed by atoms with Crippen molar-refractivity contribution in [3.8, 4) is 0 Å². The van der Waals surface area contributed by atoms with Crippen LogP contribution in [0.1, 0.15) is 34.2 Å². The van der Waals surface area contributed by atoms with Crippen LogP contribution in [0.25, 0.3) is 0 Å². The van der Waals surface area contributed by atoms with Crippen LogP contribution >= 0.6 is 11.3 Å². The fraction of sp³-hybridized carbons (Fsp3) is 0.308. The Kier molecular flexibility index (Phi) is 3.36.